The molecule has 0 aliphatic heterocycles. The van der Waals surface area contributed by atoms with Crippen molar-refractivity contribution in [1.29, 1.82) is 0 Å². The van der Waals surface area contributed by atoms with Crippen LogP contribution < -0.4 is 5.32 Å². The number of hydrogen-bond donors (Lipinski definition) is 2. The maximum atomic E-state index is 11.7. The Labute approximate surface area is 117 Å². The van der Waals surface area contributed by atoms with Gasteiger partial charge in [-0.25, -0.2) is 0 Å². The summed E-state index contributed by atoms with van der Waals surface area (Å²) in [6.07, 6.45) is -0.140. The van der Waals surface area contributed by atoms with E-state index in [0.717, 1.165) is 16.3 Å². The van der Waals surface area contributed by atoms with Gasteiger partial charge in [-0.1, -0.05) is 42.5 Å². The van der Waals surface area contributed by atoms with E-state index in [1.54, 1.807) is 0 Å². The van der Waals surface area contributed by atoms with Crippen LogP contribution >= 0.6 is 0 Å². The number of carboxylic acid groups (broad SMARTS) is 1. The van der Waals surface area contributed by atoms with Crippen molar-refractivity contribution < 1.29 is 14.7 Å². The highest BCUT2D eigenvalue weighted by Gasteiger charge is 2.12. The number of rotatable bonds is 5. The highest BCUT2D eigenvalue weighted by Crippen LogP contribution is 2.24. The summed E-state index contributed by atoms with van der Waals surface area (Å²) in [6.45, 7) is 1.90. The van der Waals surface area contributed by atoms with Crippen molar-refractivity contribution in [3.05, 3.63) is 48.0 Å². The Morgan fingerprint density at radius 3 is 2.55 bits per heavy atom. The van der Waals surface area contributed by atoms with Crippen molar-refractivity contribution in [1.82, 2.24) is 5.32 Å². The van der Waals surface area contributed by atoms with E-state index in [4.69, 9.17) is 5.11 Å². The average Bonchev–Trinajstić information content (AvgIpc) is 2.44. The first-order chi connectivity index (χ1) is 9.58. The number of carboxylic acids is 1. The highest BCUT2D eigenvalue weighted by atomic mass is 16.4. The van der Waals surface area contributed by atoms with Crippen LogP contribution in [0, 0.1) is 0 Å². The van der Waals surface area contributed by atoms with Crippen molar-refractivity contribution in [3.63, 3.8) is 0 Å². The summed E-state index contributed by atoms with van der Waals surface area (Å²) < 4.78 is 0. The van der Waals surface area contributed by atoms with Gasteiger partial charge in [-0.15, -0.1) is 0 Å². The molecule has 0 aliphatic rings. The molecule has 0 unspecified atom stereocenters. The zero-order chi connectivity index (χ0) is 14.5. The molecule has 2 rings (SSSR count). The lowest BCUT2D eigenvalue weighted by atomic mass is 9.99. The fraction of sp³-hybridized carbons (Fsp3) is 0.250. The van der Waals surface area contributed by atoms with Gasteiger partial charge in [-0.05, 0) is 23.3 Å². The molecule has 2 aromatic carbocycles. The Kier molecular flexibility index (Phi) is 4.35. The smallest absolute Gasteiger partial charge is 0.303 e. The van der Waals surface area contributed by atoms with E-state index < -0.39 is 5.97 Å². The third kappa shape index (κ3) is 3.35. The van der Waals surface area contributed by atoms with Crippen molar-refractivity contribution in [2.24, 2.45) is 0 Å². The third-order valence-corrected chi connectivity index (χ3v) is 3.23. The molecule has 1 amide bonds. The maximum absolute atomic E-state index is 11.7. The molecule has 104 valence electrons. The molecule has 0 saturated heterocycles. The Morgan fingerprint density at radius 1 is 1.10 bits per heavy atom. The summed E-state index contributed by atoms with van der Waals surface area (Å²) in [5.41, 5.74) is 1.03. The Balaban J connectivity index is 2.13. The topological polar surface area (TPSA) is 66.4 Å². The maximum Gasteiger partial charge on any atom is 0.303 e. The second kappa shape index (κ2) is 6.19. The predicted octanol–water partition coefficient (Wildman–Crippen LogP) is 2.88. The summed E-state index contributed by atoms with van der Waals surface area (Å²) in [4.78, 5) is 22.1. The van der Waals surface area contributed by atoms with Crippen LogP contribution in [0.25, 0.3) is 10.8 Å². The van der Waals surface area contributed by atoms with E-state index in [1.165, 1.54) is 0 Å². The summed E-state index contributed by atoms with van der Waals surface area (Å²) in [5, 5.41) is 13.6. The Hall–Kier alpha value is -2.36. The lowest BCUT2D eigenvalue weighted by Gasteiger charge is -2.16. The number of amides is 1. The normalized spacial score (nSPS) is 12.1. The van der Waals surface area contributed by atoms with Crippen molar-refractivity contribution >= 4 is 22.6 Å². The van der Waals surface area contributed by atoms with Gasteiger partial charge in [0.05, 0.1) is 12.5 Å². The number of nitrogens with one attached hydrogen (secondary N) is 1. The van der Waals surface area contributed by atoms with Crippen molar-refractivity contribution in [3.8, 4) is 0 Å². The van der Waals surface area contributed by atoms with Crippen molar-refractivity contribution in [2.75, 3.05) is 0 Å². The molecule has 0 fully saturated rings. The number of aliphatic carboxylic acids is 1. The molecule has 0 spiro atoms. The molecule has 2 N–H and O–H groups in total. The molecule has 4 nitrogen and oxygen atoms in total. The fourth-order valence-electron chi connectivity index (χ4n) is 2.24. The Morgan fingerprint density at radius 2 is 1.80 bits per heavy atom. The highest BCUT2D eigenvalue weighted by molar-refractivity contribution is 5.87. The molecule has 0 heterocycles. The van der Waals surface area contributed by atoms with Crippen LogP contribution in [-0.2, 0) is 9.59 Å². The summed E-state index contributed by atoms with van der Waals surface area (Å²) in [7, 11) is 0. The van der Waals surface area contributed by atoms with Crippen LogP contribution in [0.3, 0.4) is 0 Å². The van der Waals surface area contributed by atoms with Crippen LogP contribution in [0.5, 0.6) is 0 Å². The third-order valence-electron chi connectivity index (χ3n) is 3.23. The lowest BCUT2D eigenvalue weighted by molar-refractivity contribution is -0.138. The van der Waals surface area contributed by atoms with Crippen LogP contribution in [0.2, 0.25) is 0 Å². The first kappa shape index (κ1) is 14.1. The molecule has 0 radical (unpaired) electrons. The van der Waals surface area contributed by atoms with Crippen LogP contribution in [0.4, 0.5) is 0 Å². The number of carbonyl (C=O) groups is 2. The van der Waals surface area contributed by atoms with E-state index in [1.807, 2.05) is 49.4 Å². The van der Waals surface area contributed by atoms with Crippen LogP contribution in [0.1, 0.15) is 31.4 Å². The second-order valence-corrected chi connectivity index (χ2v) is 4.75. The monoisotopic (exact) mass is 271 g/mol. The van der Waals surface area contributed by atoms with Gasteiger partial charge in [0.25, 0.3) is 0 Å². The number of hydrogen-bond acceptors (Lipinski definition) is 2. The first-order valence-corrected chi connectivity index (χ1v) is 6.57. The molecular formula is C16H17NO3. The van der Waals surface area contributed by atoms with Gasteiger partial charge < -0.3 is 10.4 Å². The molecule has 0 aromatic heterocycles. The van der Waals surface area contributed by atoms with Gasteiger partial charge in [0.1, 0.15) is 0 Å². The summed E-state index contributed by atoms with van der Waals surface area (Å²) in [6, 6.07) is 13.8. The van der Waals surface area contributed by atoms with E-state index in [2.05, 4.69) is 5.32 Å². The molecule has 20 heavy (non-hydrogen) atoms. The second-order valence-electron chi connectivity index (χ2n) is 4.75. The lowest BCUT2D eigenvalue weighted by Crippen LogP contribution is -2.27. The van der Waals surface area contributed by atoms with Gasteiger partial charge in [-0.3, -0.25) is 9.59 Å². The largest absolute Gasteiger partial charge is 0.481 e. The molecule has 2 aromatic rings. The van der Waals surface area contributed by atoms with E-state index in [0.29, 0.717) is 0 Å². The minimum absolute atomic E-state index is 0.00440. The van der Waals surface area contributed by atoms with Gasteiger partial charge in [-0.2, -0.15) is 0 Å². The molecule has 4 heteroatoms. The minimum Gasteiger partial charge on any atom is -0.481 e. The average molecular weight is 271 g/mol. The standard InChI is InChI=1S/C16H17NO3/c1-11(17-15(18)9-10-16(19)20)13-8-4-6-12-5-2-3-7-14(12)13/h2-8,11H,9-10H2,1H3,(H,17,18)(H,19,20)/t11-/m0/s1. The first-order valence-electron chi connectivity index (χ1n) is 6.57. The van der Waals surface area contributed by atoms with Crippen LogP contribution in [0.15, 0.2) is 42.5 Å². The Bertz CT molecular complexity index is 631. The number of fused-ring (bicyclic) bond motifs is 1. The van der Waals surface area contributed by atoms with Gasteiger partial charge in [0, 0.05) is 6.42 Å². The quantitative estimate of drug-likeness (QED) is 0.878. The molecule has 0 aliphatic carbocycles. The van der Waals surface area contributed by atoms with Crippen molar-refractivity contribution in [2.45, 2.75) is 25.8 Å². The zero-order valence-electron chi connectivity index (χ0n) is 11.3. The van der Waals surface area contributed by atoms with Gasteiger partial charge >= 0.3 is 5.97 Å². The molecule has 0 bridgehead atoms. The van der Waals surface area contributed by atoms with Gasteiger partial charge in [0.2, 0.25) is 5.91 Å². The minimum atomic E-state index is -0.960. The zero-order valence-corrected chi connectivity index (χ0v) is 11.3. The SMILES string of the molecule is C[C@H](NC(=O)CCC(=O)O)c1cccc2ccccc12. The molecule has 1 atom stereocenters. The number of carbonyl (C=O) groups excluding carboxylic acids is 1. The van der Waals surface area contributed by atoms with E-state index in [-0.39, 0.29) is 24.8 Å². The van der Waals surface area contributed by atoms with Gasteiger partial charge in [0.15, 0.2) is 0 Å². The fourth-order valence-corrected chi connectivity index (χ4v) is 2.24. The van der Waals surface area contributed by atoms with E-state index in [9.17, 15) is 9.59 Å². The number of benzene rings is 2. The predicted molar refractivity (Wildman–Crippen MR) is 77.4 cm³/mol. The van der Waals surface area contributed by atoms with Crippen LogP contribution in [-0.4, -0.2) is 17.0 Å². The summed E-state index contributed by atoms with van der Waals surface area (Å²) in [5.74, 6) is -1.20. The summed E-state index contributed by atoms with van der Waals surface area (Å²) >= 11 is 0. The molecule has 0 saturated carbocycles. The van der Waals surface area contributed by atoms with E-state index >= 15 is 0 Å². The molecular weight excluding hydrogens is 254 g/mol.